The zero-order valence-corrected chi connectivity index (χ0v) is 15.0. The van der Waals surface area contributed by atoms with Crippen molar-refractivity contribution in [3.05, 3.63) is 0 Å². The highest BCUT2D eigenvalue weighted by molar-refractivity contribution is 7.80. The molecule has 2 saturated carbocycles. The molecule has 2 aliphatic rings. The molecular weight excluding hydrogens is 290 g/mol. The third kappa shape index (κ3) is 7.77. The molecule has 3 nitrogen and oxygen atoms in total. The van der Waals surface area contributed by atoms with E-state index in [0.717, 1.165) is 17.7 Å². The second-order valence-corrected chi connectivity index (χ2v) is 7.49. The lowest BCUT2D eigenvalue weighted by molar-refractivity contribution is 0.370. The molecule has 0 unspecified atom stereocenters. The minimum absolute atomic E-state index is 0.619. The van der Waals surface area contributed by atoms with Crippen LogP contribution in [0.3, 0.4) is 0 Å². The first-order valence-electron chi connectivity index (χ1n) is 9.62. The minimum Gasteiger partial charge on any atom is -0.363 e. The first-order chi connectivity index (χ1) is 10.8. The van der Waals surface area contributed by atoms with Crippen molar-refractivity contribution >= 4 is 17.3 Å². The Morgan fingerprint density at radius 3 is 2.00 bits per heavy atom. The largest absolute Gasteiger partial charge is 0.363 e. The van der Waals surface area contributed by atoms with Crippen LogP contribution in [0.25, 0.3) is 0 Å². The number of thiocarbonyl (C=S) groups is 1. The minimum atomic E-state index is 0.619. The fraction of sp³-hybridized carbons (Fsp3) is 0.944. The molecule has 0 bridgehead atoms. The van der Waals surface area contributed by atoms with Gasteiger partial charge in [-0.2, -0.15) is 0 Å². The highest BCUT2D eigenvalue weighted by Gasteiger charge is 2.13. The van der Waals surface area contributed by atoms with Crippen LogP contribution in [0.4, 0.5) is 0 Å². The SMILES string of the molecule is S=C(NCCCCCNC1CCCCC1)NC1CCCCC1. The van der Waals surface area contributed by atoms with Gasteiger partial charge in [0, 0.05) is 18.6 Å². The molecule has 0 aromatic rings. The second-order valence-electron chi connectivity index (χ2n) is 7.08. The Morgan fingerprint density at radius 2 is 1.32 bits per heavy atom. The van der Waals surface area contributed by atoms with E-state index < -0.39 is 0 Å². The summed E-state index contributed by atoms with van der Waals surface area (Å²) in [5.41, 5.74) is 0. The van der Waals surface area contributed by atoms with Crippen LogP contribution in [0.5, 0.6) is 0 Å². The highest BCUT2D eigenvalue weighted by Crippen LogP contribution is 2.18. The van der Waals surface area contributed by atoms with Gasteiger partial charge in [0.2, 0.25) is 0 Å². The summed E-state index contributed by atoms with van der Waals surface area (Å²) in [7, 11) is 0. The molecule has 2 rings (SSSR count). The van der Waals surface area contributed by atoms with Crippen LogP contribution >= 0.6 is 12.2 Å². The predicted molar refractivity (Wildman–Crippen MR) is 99.3 cm³/mol. The molecule has 0 spiro atoms. The Balaban J connectivity index is 1.38. The maximum Gasteiger partial charge on any atom is 0.166 e. The van der Waals surface area contributed by atoms with Gasteiger partial charge in [0.25, 0.3) is 0 Å². The van der Waals surface area contributed by atoms with E-state index in [1.54, 1.807) is 0 Å². The van der Waals surface area contributed by atoms with Crippen molar-refractivity contribution in [2.45, 2.75) is 95.6 Å². The van der Waals surface area contributed by atoms with Gasteiger partial charge in [0.1, 0.15) is 0 Å². The first kappa shape index (κ1) is 18.0. The van der Waals surface area contributed by atoms with Gasteiger partial charge in [0.15, 0.2) is 5.11 Å². The van der Waals surface area contributed by atoms with Crippen LogP contribution in [0.2, 0.25) is 0 Å². The topological polar surface area (TPSA) is 36.1 Å². The van der Waals surface area contributed by atoms with Crippen LogP contribution in [-0.4, -0.2) is 30.3 Å². The van der Waals surface area contributed by atoms with Gasteiger partial charge in [-0.1, -0.05) is 44.9 Å². The van der Waals surface area contributed by atoms with E-state index >= 15 is 0 Å². The van der Waals surface area contributed by atoms with Crippen LogP contribution in [0.15, 0.2) is 0 Å². The zero-order chi connectivity index (χ0) is 15.5. The number of rotatable bonds is 8. The molecule has 0 amide bonds. The van der Waals surface area contributed by atoms with Crippen LogP contribution in [-0.2, 0) is 0 Å². The summed E-state index contributed by atoms with van der Waals surface area (Å²) in [4.78, 5) is 0. The fourth-order valence-electron chi connectivity index (χ4n) is 3.72. The molecule has 0 atom stereocenters. The molecule has 0 radical (unpaired) electrons. The number of hydrogen-bond acceptors (Lipinski definition) is 2. The van der Waals surface area contributed by atoms with Gasteiger partial charge in [0.05, 0.1) is 0 Å². The highest BCUT2D eigenvalue weighted by atomic mass is 32.1. The maximum atomic E-state index is 5.39. The Kier molecular flexibility index (Phi) is 9.18. The van der Waals surface area contributed by atoms with E-state index in [1.807, 2.05) is 0 Å². The number of nitrogens with one attached hydrogen (secondary N) is 3. The van der Waals surface area contributed by atoms with Crippen molar-refractivity contribution in [3.63, 3.8) is 0 Å². The van der Waals surface area contributed by atoms with Crippen LogP contribution < -0.4 is 16.0 Å². The summed E-state index contributed by atoms with van der Waals surface area (Å²) in [6.07, 6.45) is 17.6. The van der Waals surface area contributed by atoms with E-state index in [0.29, 0.717) is 6.04 Å². The van der Waals surface area contributed by atoms with Gasteiger partial charge in [-0.3, -0.25) is 0 Å². The molecule has 0 heterocycles. The Labute approximate surface area is 142 Å². The standard InChI is InChI=1S/C18H35N3S/c22-18(21-17-12-6-2-7-13-17)20-15-9-3-8-14-19-16-10-4-1-5-11-16/h16-17,19H,1-15H2,(H2,20,21,22). The average Bonchev–Trinajstić information content (AvgIpc) is 2.56. The summed E-state index contributed by atoms with van der Waals surface area (Å²) in [6.45, 7) is 2.21. The quantitative estimate of drug-likeness (QED) is 0.468. The molecule has 2 aliphatic carbocycles. The Bertz CT molecular complexity index is 297. The molecule has 0 aromatic heterocycles. The number of hydrogen-bond donors (Lipinski definition) is 3. The molecule has 22 heavy (non-hydrogen) atoms. The smallest absolute Gasteiger partial charge is 0.166 e. The predicted octanol–water partition coefficient (Wildman–Crippen LogP) is 3.88. The van der Waals surface area contributed by atoms with Gasteiger partial charge >= 0.3 is 0 Å². The third-order valence-corrected chi connectivity index (χ3v) is 5.38. The summed E-state index contributed by atoms with van der Waals surface area (Å²) in [6, 6.07) is 1.42. The van der Waals surface area contributed by atoms with E-state index in [-0.39, 0.29) is 0 Å². The molecule has 2 fully saturated rings. The molecule has 128 valence electrons. The van der Waals surface area contributed by atoms with E-state index in [2.05, 4.69) is 16.0 Å². The normalized spacial score (nSPS) is 20.7. The lowest BCUT2D eigenvalue weighted by Crippen LogP contribution is -2.43. The molecule has 4 heteroatoms. The summed E-state index contributed by atoms with van der Waals surface area (Å²) >= 11 is 5.39. The lowest BCUT2D eigenvalue weighted by Gasteiger charge is -2.24. The Hall–Kier alpha value is -0.350. The molecule has 3 N–H and O–H groups in total. The molecule has 0 aromatic carbocycles. The van der Waals surface area contributed by atoms with Crippen molar-refractivity contribution < 1.29 is 0 Å². The second kappa shape index (κ2) is 11.2. The first-order valence-corrected chi connectivity index (χ1v) is 10.0. The lowest BCUT2D eigenvalue weighted by atomic mass is 9.95. The van der Waals surface area contributed by atoms with Gasteiger partial charge in [-0.05, 0) is 57.3 Å². The summed E-state index contributed by atoms with van der Waals surface area (Å²) in [5.74, 6) is 0. The zero-order valence-electron chi connectivity index (χ0n) is 14.2. The van der Waals surface area contributed by atoms with E-state index in [9.17, 15) is 0 Å². The van der Waals surface area contributed by atoms with Gasteiger partial charge in [-0.15, -0.1) is 0 Å². The Morgan fingerprint density at radius 1 is 0.727 bits per heavy atom. The maximum absolute atomic E-state index is 5.39. The molecule has 0 saturated heterocycles. The summed E-state index contributed by atoms with van der Waals surface area (Å²) < 4.78 is 0. The van der Waals surface area contributed by atoms with E-state index in [4.69, 9.17) is 12.2 Å². The van der Waals surface area contributed by atoms with Crippen molar-refractivity contribution in [3.8, 4) is 0 Å². The van der Waals surface area contributed by atoms with Crippen LogP contribution in [0, 0.1) is 0 Å². The number of unbranched alkanes of at least 4 members (excludes halogenated alkanes) is 2. The van der Waals surface area contributed by atoms with E-state index in [1.165, 1.54) is 90.0 Å². The fourth-order valence-corrected chi connectivity index (χ4v) is 3.99. The molecular formula is C18H35N3S. The van der Waals surface area contributed by atoms with Crippen molar-refractivity contribution in [1.29, 1.82) is 0 Å². The average molecular weight is 326 g/mol. The van der Waals surface area contributed by atoms with Crippen molar-refractivity contribution in [2.24, 2.45) is 0 Å². The molecule has 0 aliphatic heterocycles. The van der Waals surface area contributed by atoms with Gasteiger partial charge < -0.3 is 16.0 Å². The van der Waals surface area contributed by atoms with Crippen molar-refractivity contribution in [1.82, 2.24) is 16.0 Å². The van der Waals surface area contributed by atoms with Gasteiger partial charge in [-0.25, -0.2) is 0 Å². The van der Waals surface area contributed by atoms with Crippen LogP contribution in [0.1, 0.15) is 83.5 Å². The van der Waals surface area contributed by atoms with Crippen molar-refractivity contribution in [2.75, 3.05) is 13.1 Å². The monoisotopic (exact) mass is 325 g/mol. The third-order valence-electron chi connectivity index (χ3n) is 5.12. The summed E-state index contributed by atoms with van der Waals surface area (Å²) in [5, 5.41) is 11.4.